The standard InChI is InChI=1S/C10H8F2N2O2/c1-2-16-10(15)8-7(5-13)6(9(11)12)3-4-14-8/h3-4,9H,2H2,1H3. The molecule has 0 saturated carbocycles. The van der Waals surface area contributed by atoms with Crippen LogP contribution in [0.5, 0.6) is 0 Å². The molecule has 4 nitrogen and oxygen atoms in total. The highest BCUT2D eigenvalue weighted by atomic mass is 19.3. The molecule has 0 aliphatic carbocycles. The van der Waals surface area contributed by atoms with Crippen LogP contribution in [0.3, 0.4) is 0 Å². The third-order valence-corrected chi connectivity index (χ3v) is 1.80. The summed E-state index contributed by atoms with van der Waals surface area (Å²) in [5, 5.41) is 8.73. The van der Waals surface area contributed by atoms with Gasteiger partial charge in [-0.25, -0.2) is 18.6 Å². The van der Waals surface area contributed by atoms with Crippen LogP contribution in [0.1, 0.15) is 35.0 Å². The average molecular weight is 226 g/mol. The van der Waals surface area contributed by atoms with Crippen LogP contribution in [0.2, 0.25) is 0 Å². The van der Waals surface area contributed by atoms with Crippen molar-refractivity contribution >= 4 is 5.97 Å². The summed E-state index contributed by atoms with van der Waals surface area (Å²) in [5.74, 6) is -0.874. The van der Waals surface area contributed by atoms with Gasteiger partial charge in [0.15, 0.2) is 5.69 Å². The van der Waals surface area contributed by atoms with Gasteiger partial charge in [0.2, 0.25) is 0 Å². The van der Waals surface area contributed by atoms with Gasteiger partial charge < -0.3 is 4.74 Å². The zero-order valence-corrected chi connectivity index (χ0v) is 8.41. The fraction of sp³-hybridized carbons (Fsp3) is 0.300. The molecule has 0 aliphatic heterocycles. The van der Waals surface area contributed by atoms with E-state index in [9.17, 15) is 13.6 Å². The number of rotatable bonds is 3. The maximum absolute atomic E-state index is 12.5. The maximum Gasteiger partial charge on any atom is 0.358 e. The van der Waals surface area contributed by atoms with Crippen molar-refractivity contribution in [2.45, 2.75) is 13.3 Å². The van der Waals surface area contributed by atoms with Crippen molar-refractivity contribution in [2.75, 3.05) is 6.61 Å². The zero-order valence-electron chi connectivity index (χ0n) is 8.41. The van der Waals surface area contributed by atoms with Crippen molar-refractivity contribution in [3.8, 4) is 6.07 Å². The summed E-state index contributed by atoms with van der Waals surface area (Å²) in [4.78, 5) is 14.9. The molecule has 0 fully saturated rings. The predicted octanol–water partition coefficient (Wildman–Crippen LogP) is 2.07. The summed E-state index contributed by atoms with van der Waals surface area (Å²) in [6.07, 6.45) is -1.78. The molecular formula is C10H8F2N2O2. The number of hydrogen-bond acceptors (Lipinski definition) is 4. The molecule has 0 atom stereocenters. The van der Waals surface area contributed by atoms with E-state index in [1.807, 2.05) is 0 Å². The Morgan fingerprint density at radius 3 is 2.88 bits per heavy atom. The minimum Gasteiger partial charge on any atom is -0.461 e. The van der Waals surface area contributed by atoms with Crippen LogP contribution in [0.25, 0.3) is 0 Å². The molecule has 0 radical (unpaired) electrons. The molecule has 84 valence electrons. The number of carbonyl (C=O) groups is 1. The lowest BCUT2D eigenvalue weighted by Gasteiger charge is -2.06. The van der Waals surface area contributed by atoms with Crippen LogP contribution < -0.4 is 0 Å². The SMILES string of the molecule is CCOC(=O)c1nccc(C(F)F)c1C#N. The summed E-state index contributed by atoms with van der Waals surface area (Å²) < 4.78 is 29.6. The van der Waals surface area contributed by atoms with Crippen molar-refractivity contribution in [1.82, 2.24) is 4.98 Å². The third kappa shape index (κ3) is 2.31. The van der Waals surface area contributed by atoms with Crippen molar-refractivity contribution in [3.63, 3.8) is 0 Å². The molecule has 0 spiro atoms. The molecule has 0 bridgehead atoms. The van der Waals surface area contributed by atoms with Gasteiger partial charge in [0.05, 0.1) is 12.2 Å². The Morgan fingerprint density at radius 2 is 2.38 bits per heavy atom. The fourth-order valence-electron chi connectivity index (χ4n) is 1.13. The lowest BCUT2D eigenvalue weighted by Crippen LogP contribution is -2.11. The second kappa shape index (κ2) is 5.16. The van der Waals surface area contributed by atoms with Gasteiger partial charge in [0, 0.05) is 11.8 Å². The monoisotopic (exact) mass is 226 g/mol. The van der Waals surface area contributed by atoms with Crippen molar-refractivity contribution < 1.29 is 18.3 Å². The van der Waals surface area contributed by atoms with E-state index in [1.54, 1.807) is 13.0 Å². The molecule has 1 rings (SSSR count). The van der Waals surface area contributed by atoms with Crippen LogP contribution in [0, 0.1) is 11.3 Å². The van der Waals surface area contributed by atoms with E-state index in [0.717, 1.165) is 12.3 Å². The smallest absolute Gasteiger partial charge is 0.358 e. The topological polar surface area (TPSA) is 63.0 Å². The molecule has 1 heterocycles. The molecular weight excluding hydrogens is 218 g/mol. The Labute approximate surface area is 90.5 Å². The highest BCUT2D eigenvalue weighted by Gasteiger charge is 2.21. The number of halogens is 2. The van der Waals surface area contributed by atoms with E-state index < -0.39 is 23.5 Å². The average Bonchev–Trinajstić information content (AvgIpc) is 2.28. The summed E-state index contributed by atoms with van der Waals surface area (Å²) >= 11 is 0. The van der Waals surface area contributed by atoms with E-state index >= 15 is 0 Å². The quantitative estimate of drug-likeness (QED) is 0.740. The van der Waals surface area contributed by atoms with Gasteiger partial charge >= 0.3 is 5.97 Å². The molecule has 0 N–H and O–H groups in total. The Balaban J connectivity index is 3.25. The normalized spacial score (nSPS) is 9.94. The van der Waals surface area contributed by atoms with Crippen molar-refractivity contribution in [1.29, 1.82) is 5.26 Å². The van der Waals surface area contributed by atoms with Gasteiger partial charge in [0.25, 0.3) is 6.43 Å². The number of aromatic nitrogens is 1. The maximum atomic E-state index is 12.5. The molecule has 0 unspecified atom stereocenters. The van der Waals surface area contributed by atoms with Gasteiger partial charge in [-0.05, 0) is 13.0 Å². The van der Waals surface area contributed by atoms with Crippen LogP contribution >= 0.6 is 0 Å². The summed E-state index contributed by atoms with van der Waals surface area (Å²) in [7, 11) is 0. The molecule has 0 aromatic carbocycles. The highest BCUT2D eigenvalue weighted by molar-refractivity contribution is 5.90. The Bertz CT molecular complexity index is 441. The van der Waals surface area contributed by atoms with Crippen LogP contribution in [0.15, 0.2) is 12.3 Å². The number of esters is 1. The van der Waals surface area contributed by atoms with Gasteiger partial charge in [-0.15, -0.1) is 0 Å². The zero-order chi connectivity index (χ0) is 12.1. The summed E-state index contributed by atoms with van der Waals surface area (Å²) in [5.41, 5.74) is -1.32. The number of nitriles is 1. The number of alkyl halides is 2. The minimum absolute atomic E-state index is 0.0876. The van der Waals surface area contributed by atoms with Crippen LogP contribution in [0.4, 0.5) is 8.78 Å². The molecule has 16 heavy (non-hydrogen) atoms. The molecule has 0 aliphatic rings. The molecule has 1 aromatic heterocycles. The van der Waals surface area contributed by atoms with Crippen molar-refractivity contribution in [2.24, 2.45) is 0 Å². The number of carbonyl (C=O) groups excluding carboxylic acids is 1. The highest BCUT2D eigenvalue weighted by Crippen LogP contribution is 2.23. The number of nitrogens with zero attached hydrogens (tertiary/aromatic N) is 2. The number of ether oxygens (including phenoxy) is 1. The van der Waals surface area contributed by atoms with Crippen LogP contribution in [-0.4, -0.2) is 17.6 Å². The fourth-order valence-corrected chi connectivity index (χ4v) is 1.13. The van der Waals surface area contributed by atoms with Gasteiger partial charge in [-0.3, -0.25) is 0 Å². The van der Waals surface area contributed by atoms with E-state index in [4.69, 9.17) is 5.26 Å². The van der Waals surface area contributed by atoms with Gasteiger partial charge in [-0.2, -0.15) is 5.26 Å². The van der Waals surface area contributed by atoms with E-state index in [0.29, 0.717) is 0 Å². The third-order valence-electron chi connectivity index (χ3n) is 1.80. The Kier molecular flexibility index (Phi) is 3.89. The Morgan fingerprint density at radius 1 is 1.69 bits per heavy atom. The number of pyridine rings is 1. The first kappa shape index (κ1) is 12.0. The minimum atomic E-state index is -2.83. The van der Waals surface area contributed by atoms with Gasteiger partial charge in [0.1, 0.15) is 6.07 Å². The second-order valence-electron chi connectivity index (χ2n) is 2.76. The lowest BCUT2D eigenvalue weighted by molar-refractivity contribution is 0.0518. The largest absolute Gasteiger partial charge is 0.461 e. The number of hydrogen-bond donors (Lipinski definition) is 0. The summed E-state index contributed by atoms with van der Waals surface area (Å²) in [6, 6.07) is 2.55. The molecule has 0 amide bonds. The molecule has 6 heteroatoms. The summed E-state index contributed by atoms with van der Waals surface area (Å²) in [6.45, 7) is 1.66. The molecule has 0 saturated heterocycles. The van der Waals surface area contributed by atoms with Gasteiger partial charge in [-0.1, -0.05) is 0 Å². The molecule has 1 aromatic rings. The Hall–Kier alpha value is -2.03. The van der Waals surface area contributed by atoms with E-state index in [1.165, 1.54) is 0 Å². The first-order chi connectivity index (χ1) is 7.61. The van der Waals surface area contributed by atoms with E-state index in [2.05, 4.69) is 9.72 Å². The second-order valence-corrected chi connectivity index (χ2v) is 2.76. The van der Waals surface area contributed by atoms with Crippen molar-refractivity contribution in [3.05, 3.63) is 29.1 Å². The predicted molar refractivity (Wildman–Crippen MR) is 49.9 cm³/mol. The lowest BCUT2D eigenvalue weighted by atomic mass is 10.1. The first-order valence-electron chi connectivity index (χ1n) is 4.46. The van der Waals surface area contributed by atoms with E-state index in [-0.39, 0.29) is 12.3 Å². The van der Waals surface area contributed by atoms with Crippen LogP contribution in [-0.2, 0) is 4.74 Å². The first-order valence-corrected chi connectivity index (χ1v) is 4.46.